The van der Waals surface area contributed by atoms with Crippen LogP contribution in [-0.4, -0.2) is 16.6 Å². The zero-order chi connectivity index (χ0) is 18.5. The molecule has 0 saturated carbocycles. The number of unbranched alkanes of at least 4 members (excludes halogenated alkanes) is 7. The minimum Gasteiger partial charge on any atom is -0.494 e. The highest BCUT2D eigenvalue weighted by molar-refractivity contribution is 5.55. The lowest BCUT2D eigenvalue weighted by atomic mass is 10.1. The summed E-state index contributed by atoms with van der Waals surface area (Å²) in [5, 5.41) is 0. The van der Waals surface area contributed by atoms with Gasteiger partial charge in [0.1, 0.15) is 5.75 Å². The number of aryl methyl sites for hydroxylation is 1. The van der Waals surface area contributed by atoms with Crippen LogP contribution in [0.3, 0.4) is 0 Å². The fourth-order valence-electron chi connectivity index (χ4n) is 2.98. The van der Waals surface area contributed by atoms with E-state index in [-0.39, 0.29) is 0 Å². The molecule has 3 nitrogen and oxygen atoms in total. The van der Waals surface area contributed by atoms with Crippen LogP contribution in [0.2, 0.25) is 0 Å². The SMILES string of the molecule is CCCCCCCCOc1ccc(-c2ncc(CCCCC)cn2)cc1. The van der Waals surface area contributed by atoms with Crippen LogP contribution in [0.5, 0.6) is 5.75 Å². The number of hydrogen-bond donors (Lipinski definition) is 0. The first-order valence-corrected chi connectivity index (χ1v) is 10.4. The van der Waals surface area contributed by atoms with Gasteiger partial charge < -0.3 is 4.74 Å². The molecule has 1 heterocycles. The van der Waals surface area contributed by atoms with Gasteiger partial charge in [-0.1, -0.05) is 58.8 Å². The number of nitrogens with zero attached hydrogens (tertiary/aromatic N) is 2. The molecule has 1 aromatic heterocycles. The maximum atomic E-state index is 5.84. The van der Waals surface area contributed by atoms with Crippen molar-refractivity contribution in [1.82, 2.24) is 9.97 Å². The van der Waals surface area contributed by atoms with Gasteiger partial charge in [0.15, 0.2) is 5.82 Å². The minimum atomic E-state index is 0.784. The zero-order valence-electron chi connectivity index (χ0n) is 16.5. The van der Waals surface area contributed by atoms with Gasteiger partial charge in [-0.15, -0.1) is 0 Å². The van der Waals surface area contributed by atoms with Crippen molar-refractivity contribution in [1.29, 1.82) is 0 Å². The third kappa shape index (κ3) is 7.55. The van der Waals surface area contributed by atoms with Crippen molar-refractivity contribution in [3.63, 3.8) is 0 Å². The fourth-order valence-corrected chi connectivity index (χ4v) is 2.98. The molecule has 0 aliphatic rings. The van der Waals surface area contributed by atoms with Crippen LogP contribution in [0.1, 0.15) is 77.2 Å². The second-order valence-corrected chi connectivity index (χ2v) is 7.01. The van der Waals surface area contributed by atoms with Crippen LogP contribution in [0.25, 0.3) is 11.4 Å². The van der Waals surface area contributed by atoms with Crippen LogP contribution in [0, 0.1) is 0 Å². The van der Waals surface area contributed by atoms with E-state index in [0.717, 1.165) is 36.6 Å². The highest BCUT2D eigenvalue weighted by Gasteiger charge is 2.03. The average Bonchev–Trinajstić information content (AvgIpc) is 2.69. The molecule has 0 amide bonds. The van der Waals surface area contributed by atoms with Crippen LogP contribution in [-0.2, 0) is 6.42 Å². The average molecular weight is 355 g/mol. The highest BCUT2D eigenvalue weighted by Crippen LogP contribution is 2.20. The molecule has 0 aliphatic carbocycles. The summed E-state index contributed by atoms with van der Waals surface area (Å²) < 4.78 is 5.84. The lowest BCUT2D eigenvalue weighted by Crippen LogP contribution is -1.97. The molecule has 142 valence electrons. The second kappa shape index (κ2) is 12.5. The van der Waals surface area contributed by atoms with Gasteiger partial charge >= 0.3 is 0 Å². The van der Waals surface area contributed by atoms with Gasteiger partial charge in [-0.2, -0.15) is 0 Å². The van der Waals surface area contributed by atoms with Crippen molar-refractivity contribution < 1.29 is 4.74 Å². The van der Waals surface area contributed by atoms with E-state index in [1.165, 1.54) is 56.9 Å². The minimum absolute atomic E-state index is 0.784. The van der Waals surface area contributed by atoms with Crippen molar-refractivity contribution >= 4 is 0 Å². The summed E-state index contributed by atoms with van der Waals surface area (Å²) in [7, 11) is 0. The molecule has 2 aromatic rings. The maximum absolute atomic E-state index is 5.84. The summed E-state index contributed by atoms with van der Waals surface area (Å²) in [6.07, 6.45) is 16.4. The lowest BCUT2D eigenvalue weighted by Gasteiger charge is -2.07. The number of ether oxygens (including phenoxy) is 1. The van der Waals surface area contributed by atoms with Crippen molar-refractivity contribution in [3.05, 3.63) is 42.2 Å². The maximum Gasteiger partial charge on any atom is 0.159 e. The third-order valence-electron chi connectivity index (χ3n) is 4.65. The molecule has 0 unspecified atom stereocenters. The first-order chi connectivity index (χ1) is 12.8. The molecule has 2 rings (SSSR count). The second-order valence-electron chi connectivity index (χ2n) is 7.01. The van der Waals surface area contributed by atoms with E-state index < -0.39 is 0 Å². The van der Waals surface area contributed by atoms with Crippen LogP contribution in [0.15, 0.2) is 36.7 Å². The Morgan fingerprint density at radius 2 is 1.35 bits per heavy atom. The molecule has 1 aromatic carbocycles. The molecule has 0 radical (unpaired) electrons. The van der Waals surface area contributed by atoms with Crippen molar-refractivity contribution in [2.24, 2.45) is 0 Å². The highest BCUT2D eigenvalue weighted by atomic mass is 16.5. The predicted octanol–water partition coefficient (Wildman–Crippen LogP) is 6.62. The molecule has 0 fully saturated rings. The summed E-state index contributed by atoms with van der Waals surface area (Å²) >= 11 is 0. The molecule has 0 atom stereocenters. The Balaban J connectivity index is 1.74. The summed E-state index contributed by atoms with van der Waals surface area (Å²) in [5.74, 6) is 1.71. The first kappa shape index (κ1) is 20.4. The first-order valence-electron chi connectivity index (χ1n) is 10.4. The smallest absolute Gasteiger partial charge is 0.159 e. The monoisotopic (exact) mass is 354 g/mol. The van der Waals surface area contributed by atoms with E-state index in [0.29, 0.717) is 0 Å². The predicted molar refractivity (Wildman–Crippen MR) is 110 cm³/mol. The van der Waals surface area contributed by atoms with Crippen molar-refractivity contribution in [3.8, 4) is 17.1 Å². The molecule has 26 heavy (non-hydrogen) atoms. The Bertz CT molecular complexity index is 593. The van der Waals surface area contributed by atoms with E-state index in [1.807, 2.05) is 36.7 Å². The summed E-state index contributed by atoms with van der Waals surface area (Å²) in [5.41, 5.74) is 2.26. The lowest BCUT2D eigenvalue weighted by molar-refractivity contribution is 0.304. The Morgan fingerprint density at radius 3 is 2.04 bits per heavy atom. The Hall–Kier alpha value is -1.90. The normalized spacial score (nSPS) is 10.8. The van der Waals surface area contributed by atoms with Crippen molar-refractivity contribution in [2.45, 2.75) is 78.1 Å². The fraction of sp³-hybridized carbons (Fsp3) is 0.565. The van der Waals surface area contributed by atoms with E-state index in [9.17, 15) is 0 Å². The largest absolute Gasteiger partial charge is 0.494 e. The number of benzene rings is 1. The number of aromatic nitrogens is 2. The van der Waals surface area contributed by atoms with Gasteiger partial charge in [-0.25, -0.2) is 9.97 Å². The molecular weight excluding hydrogens is 320 g/mol. The van der Waals surface area contributed by atoms with Crippen LogP contribution < -0.4 is 4.74 Å². The summed E-state index contributed by atoms with van der Waals surface area (Å²) in [6.45, 7) is 5.27. The molecule has 0 aliphatic heterocycles. The molecule has 0 saturated heterocycles. The molecular formula is C23H34N2O. The Morgan fingerprint density at radius 1 is 0.731 bits per heavy atom. The molecule has 3 heteroatoms. The van der Waals surface area contributed by atoms with Gasteiger partial charge in [0.25, 0.3) is 0 Å². The van der Waals surface area contributed by atoms with E-state index in [1.54, 1.807) is 0 Å². The summed E-state index contributed by atoms with van der Waals surface area (Å²) in [6, 6.07) is 8.13. The van der Waals surface area contributed by atoms with Gasteiger partial charge in [-0.05, 0) is 49.1 Å². The standard InChI is InChI=1S/C23H34N2O/c1-3-5-7-8-9-11-17-26-22-15-13-21(14-16-22)23-24-18-20(19-25-23)12-10-6-4-2/h13-16,18-19H,3-12,17H2,1-2H3. The molecule has 0 spiro atoms. The van der Waals surface area contributed by atoms with Crippen LogP contribution in [0.4, 0.5) is 0 Å². The van der Waals surface area contributed by atoms with E-state index in [2.05, 4.69) is 23.8 Å². The van der Waals surface area contributed by atoms with E-state index in [4.69, 9.17) is 4.74 Å². The Kier molecular flexibility index (Phi) is 9.78. The quantitative estimate of drug-likeness (QED) is 0.379. The number of hydrogen-bond acceptors (Lipinski definition) is 3. The summed E-state index contributed by atoms with van der Waals surface area (Å²) in [4.78, 5) is 9.03. The number of rotatable bonds is 13. The van der Waals surface area contributed by atoms with Gasteiger partial charge in [0.2, 0.25) is 0 Å². The van der Waals surface area contributed by atoms with Gasteiger partial charge in [-0.3, -0.25) is 0 Å². The van der Waals surface area contributed by atoms with Gasteiger partial charge in [0.05, 0.1) is 6.61 Å². The zero-order valence-corrected chi connectivity index (χ0v) is 16.5. The molecule has 0 N–H and O–H groups in total. The third-order valence-corrected chi connectivity index (χ3v) is 4.65. The van der Waals surface area contributed by atoms with Crippen LogP contribution >= 0.6 is 0 Å². The topological polar surface area (TPSA) is 35.0 Å². The van der Waals surface area contributed by atoms with Crippen molar-refractivity contribution in [2.75, 3.05) is 6.61 Å². The van der Waals surface area contributed by atoms with Gasteiger partial charge in [0, 0.05) is 18.0 Å². The Labute approximate surface area is 159 Å². The van der Waals surface area contributed by atoms with E-state index >= 15 is 0 Å². The molecule has 0 bridgehead atoms.